The predicted molar refractivity (Wildman–Crippen MR) is 135 cm³/mol. The molecule has 1 fully saturated rings. The fourth-order valence-corrected chi connectivity index (χ4v) is 4.78. The molecule has 7 nitrogen and oxygen atoms in total. The molecule has 2 N–H and O–H groups in total. The Morgan fingerprint density at radius 1 is 1.10 bits per heavy atom. The van der Waals surface area contributed by atoms with E-state index in [0.29, 0.717) is 48.5 Å². The standard InChI is InChI=1S/C28H23F4N3O4/c1-15-33-23-11-19(10-22(26(36)37)25(23)34-15)21-6-5-18(12-24(21)39-27(38)28(30,31)32)17-4-2-3-16(9-17)13-35-8-7-20(29)14-35/h2-6,9-12,20H,7-8,13-14H2,1H3,(H,33,34)(H,36,37)/t20-/m1/s1. The smallest absolute Gasteiger partial charge is 0.478 e. The summed E-state index contributed by atoms with van der Waals surface area (Å²) in [4.78, 5) is 32.8. The monoisotopic (exact) mass is 541 g/mol. The molecular weight excluding hydrogens is 518 g/mol. The Morgan fingerprint density at radius 3 is 2.56 bits per heavy atom. The van der Waals surface area contributed by atoms with Gasteiger partial charge in [0, 0.05) is 25.2 Å². The lowest BCUT2D eigenvalue weighted by Crippen LogP contribution is -2.28. The number of carbonyl (C=O) groups is 2. The minimum absolute atomic E-state index is 0.0928. The highest BCUT2D eigenvalue weighted by Crippen LogP contribution is 2.38. The first kappa shape index (κ1) is 26.4. The third kappa shape index (κ3) is 5.63. The molecule has 0 spiro atoms. The van der Waals surface area contributed by atoms with Gasteiger partial charge in [-0.2, -0.15) is 13.2 Å². The van der Waals surface area contributed by atoms with Crippen LogP contribution in [0.2, 0.25) is 0 Å². The van der Waals surface area contributed by atoms with Gasteiger partial charge >= 0.3 is 18.1 Å². The van der Waals surface area contributed by atoms with Crippen molar-refractivity contribution in [1.29, 1.82) is 0 Å². The molecule has 39 heavy (non-hydrogen) atoms. The van der Waals surface area contributed by atoms with E-state index in [0.717, 1.165) is 5.56 Å². The number of benzene rings is 3. The Bertz CT molecular complexity index is 1580. The molecular formula is C28H23F4N3O4. The minimum Gasteiger partial charge on any atom is -0.478 e. The van der Waals surface area contributed by atoms with Crippen LogP contribution in [-0.2, 0) is 11.3 Å². The summed E-state index contributed by atoms with van der Waals surface area (Å²) in [7, 11) is 0. The van der Waals surface area contributed by atoms with Crippen LogP contribution in [0.4, 0.5) is 17.6 Å². The number of fused-ring (bicyclic) bond motifs is 1. The van der Waals surface area contributed by atoms with Gasteiger partial charge in [-0.25, -0.2) is 19.0 Å². The van der Waals surface area contributed by atoms with Crippen molar-refractivity contribution in [3.63, 3.8) is 0 Å². The van der Waals surface area contributed by atoms with Crippen molar-refractivity contribution in [2.75, 3.05) is 13.1 Å². The number of alkyl halides is 4. The number of hydrogen-bond acceptors (Lipinski definition) is 5. The highest BCUT2D eigenvalue weighted by atomic mass is 19.4. The number of halogens is 4. The first-order valence-electron chi connectivity index (χ1n) is 12.1. The topological polar surface area (TPSA) is 95.5 Å². The number of imidazole rings is 1. The molecule has 0 amide bonds. The largest absolute Gasteiger partial charge is 0.491 e. The number of aromatic amines is 1. The summed E-state index contributed by atoms with van der Waals surface area (Å²) in [5.74, 6) is -3.60. The molecule has 0 aliphatic carbocycles. The number of likely N-dealkylation sites (tertiary alicyclic amines) is 1. The summed E-state index contributed by atoms with van der Waals surface area (Å²) in [5, 5.41) is 9.71. The molecule has 1 aliphatic rings. The number of aromatic carboxylic acids is 1. The van der Waals surface area contributed by atoms with Crippen molar-refractivity contribution < 1.29 is 37.0 Å². The zero-order chi connectivity index (χ0) is 27.9. The second-order valence-corrected chi connectivity index (χ2v) is 9.47. The van der Waals surface area contributed by atoms with Gasteiger partial charge in [-0.05, 0) is 59.9 Å². The summed E-state index contributed by atoms with van der Waals surface area (Å²) >= 11 is 0. The normalized spacial score (nSPS) is 16.1. The summed E-state index contributed by atoms with van der Waals surface area (Å²) in [6.45, 7) is 3.14. The Hall–Kier alpha value is -4.25. The SMILES string of the molecule is Cc1nc2c(C(=O)O)cc(-c3ccc(-c4cccc(CN5CC[C@@H](F)C5)c4)cc3OC(=O)C(F)(F)F)cc2[nH]1. The lowest BCUT2D eigenvalue weighted by molar-refractivity contribution is -0.189. The molecule has 1 atom stereocenters. The van der Waals surface area contributed by atoms with Gasteiger partial charge in [0.15, 0.2) is 0 Å². The predicted octanol–water partition coefficient (Wildman–Crippen LogP) is 5.92. The molecule has 0 unspecified atom stereocenters. The molecule has 0 bridgehead atoms. The third-order valence-electron chi connectivity index (χ3n) is 6.54. The first-order valence-corrected chi connectivity index (χ1v) is 12.1. The molecule has 202 valence electrons. The van der Waals surface area contributed by atoms with E-state index in [2.05, 4.69) is 9.97 Å². The second kappa shape index (κ2) is 10.1. The average Bonchev–Trinajstić information content (AvgIpc) is 3.46. The first-order chi connectivity index (χ1) is 18.5. The van der Waals surface area contributed by atoms with Crippen molar-refractivity contribution in [3.05, 3.63) is 71.5 Å². The van der Waals surface area contributed by atoms with Gasteiger partial charge in [0.25, 0.3) is 0 Å². The quantitative estimate of drug-likeness (QED) is 0.179. The number of ether oxygens (including phenoxy) is 1. The van der Waals surface area contributed by atoms with E-state index in [4.69, 9.17) is 4.74 Å². The highest BCUT2D eigenvalue weighted by molar-refractivity contribution is 6.03. The minimum atomic E-state index is -5.24. The zero-order valence-electron chi connectivity index (χ0n) is 20.7. The van der Waals surface area contributed by atoms with Crippen LogP contribution >= 0.6 is 0 Å². The van der Waals surface area contributed by atoms with Gasteiger partial charge in [-0.1, -0.05) is 30.3 Å². The van der Waals surface area contributed by atoms with E-state index < -0.39 is 24.3 Å². The van der Waals surface area contributed by atoms with Crippen molar-refractivity contribution >= 4 is 23.0 Å². The Labute approximate surface area is 220 Å². The molecule has 2 heterocycles. The molecule has 3 aromatic carbocycles. The summed E-state index contributed by atoms with van der Waals surface area (Å²) in [5.41, 5.74) is 2.75. The summed E-state index contributed by atoms with van der Waals surface area (Å²) in [6, 6.07) is 14.5. The number of esters is 1. The van der Waals surface area contributed by atoms with Gasteiger partial charge in [0.05, 0.1) is 11.1 Å². The number of aromatic nitrogens is 2. The summed E-state index contributed by atoms with van der Waals surface area (Å²) in [6.07, 6.45) is -5.63. The second-order valence-electron chi connectivity index (χ2n) is 9.47. The zero-order valence-corrected chi connectivity index (χ0v) is 20.7. The van der Waals surface area contributed by atoms with Crippen LogP contribution in [0.15, 0.2) is 54.6 Å². The number of carboxylic acids is 1. The Morgan fingerprint density at radius 2 is 1.87 bits per heavy atom. The fourth-order valence-electron chi connectivity index (χ4n) is 4.78. The number of rotatable bonds is 6. The van der Waals surface area contributed by atoms with Gasteiger partial charge in [-0.15, -0.1) is 0 Å². The van der Waals surface area contributed by atoms with Crippen molar-refractivity contribution in [2.45, 2.75) is 32.2 Å². The average molecular weight is 542 g/mol. The van der Waals surface area contributed by atoms with Crippen molar-refractivity contribution in [1.82, 2.24) is 14.9 Å². The Kier molecular flexibility index (Phi) is 6.85. The maximum Gasteiger partial charge on any atom is 0.491 e. The van der Waals surface area contributed by atoms with E-state index in [1.807, 2.05) is 17.0 Å². The lowest BCUT2D eigenvalue weighted by Gasteiger charge is -2.16. The molecule has 0 radical (unpaired) electrons. The molecule has 5 rings (SSSR count). The highest BCUT2D eigenvalue weighted by Gasteiger charge is 2.41. The molecule has 4 aromatic rings. The van der Waals surface area contributed by atoms with Crippen LogP contribution in [0.3, 0.4) is 0 Å². The van der Waals surface area contributed by atoms with Gasteiger partial charge < -0.3 is 14.8 Å². The van der Waals surface area contributed by atoms with Gasteiger partial charge in [-0.3, -0.25) is 4.90 Å². The number of H-pyrrole nitrogens is 1. The van der Waals surface area contributed by atoms with Crippen molar-refractivity contribution in [3.8, 4) is 28.0 Å². The van der Waals surface area contributed by atoms with E-state index in [1.165, 1.54) is 24.3 Å². The number of aryl methyl sites for hydroxylation is 1. The van der Waals surface area contributed by atoms with Crippen molar-refractivity contribution in [2.24, 2.45) is 0 Å². The molecule has 1 aliphatic heterocycles. The number of carbonyl (C=O) groups excluding carboxylic acids is 1. The number of nitrogens with zero attached hydrogens (tertiary/aromatic N) is 2. The Balaban J connectivity index is 1.58. The molecule has 1 saturated heterocycles. The van der Waals surface area contributed by atoms with Crippen LogP contribution < -0.4 is 4.74 Å². The lowest BCUT2D eigenvalue weighted by atomic mass is 9.96. The van der Waals surface area contributed by atoms with E-state index in [1.54, 1.807) is 25.1 Å². The molecule has 11 heteroatoms. The number of nitrogens with one attached hydrogen (secondary N) is 1. The molecule has 0 saturated carbocycles. The van der Waals surface area contributed by atoms with Gasteiger partial charge in [0.2, 0.25) is 0 Å². The van der Waals surface area contributed by atoms with Crippen LogP contribution in [0.1, 0.15) is 28.2 Å². The fraction of sp³-hybridized carbons (Fsp3) is 0.250. The third-order valence-corrected chi connectivity index (χ3v) is 6.54. The van der Waals surface area contributed by atoms with Gasteiger partial charge in [0.1, 0.15) is 23.3 Å². The number of carboxylic acid groups (broad SMARTS) is 1. The van der Waals surface area contributed by atoms with Crippen LogP contribution in [-0.4, -0.2) is 57.4 Å². The van der Waals surface area contributed by atoms with E-state index in [9.17, 15) is 32.3 Å². The van der Waals surface area contributed by atoms with Crippen LogP contribution in [0.25, 0.3) is 33.3 Å². The molecule has 1 aromatic heterocycles. The summed E-state index contributed by atoms with van der Waals surface area (Å²) < 4.78 is 57.8. The van der Waals surface area contributed by atoms with E-state index >= 15 is 0 Å². The van der Waals surface area contributed by atoms with Crippen LogP contribution in [0, 0.1) is 6.92 Å². The van der Waals surface area contributed by atoms with Crippen LogP contribution in [0.5, 0.6) is 5.75 Å². The maximum atomic E-state index is 13.6. The number of hydrogen-bond donors (Lipinski definition) is 2. The maximum absolute atomic E-state index is 13.6. The van der Waals surface area contributed by atoms with E-state index in [-0.39, 0.29) is 28.0 Å².